The molecule has 2 rings (SSSR count). The number of nitriles is 1. The Morgan fingerprint density at radius 1 is 1.09 bits per heavy atom. The molecule has 118 valence electrons. The van der Waals surface area contributed by atoms with Gasteiger partial charge in [-0.15, -0.1) is 0 Å². The summed E-state index contributed by atoms with van der Waals surface area (Å²) in [6.45, 7) is 5.44. The molecular weight excluding hydrogens is 302 g/mol. The van der Waals surface area contributed by atoms with E-state index in [1.165, 1.54) is 5.56 Å². The van der Waals surface area contributed by atoms with Gasteiger partial charge in [0.1, 0.15) is 0 Å². The summed E-state index contributed by atoms with van der Waals surface area (Å²) in [5.74, 6) is 0. The molecule has 0 heterocycles. The van der Waals surface area contributed by atoms with Gasteiger partial charge in [-0.2, -0.15) is 5.26 Å². The van der Waals surface area contributed by atoms with Crippen molar-refractivity contribution in [1.29, 1.82) is 5.26 Å². The van der Waals surface area contributed by atoms with Gasteiger partial charge in [-0.3, -0.25) is 0 Å². The number of benzene rings is 2. The van der Waals surface area contributed by atoms with Crippen molar-refractivity contribution >= 4 is 23.0 Å². The average molecular weight is 323 g/mol. The lowest BCUT2D eigenvalue weighted by Crippen LogP contribution is -2.35. The molecule has 0 spiro atoms. The monoisotopic (exact) mass is 323 g/mol. The smallest absolute Gasteiger partial charge is 0.173 e. The maximum absolute atomic E-state index is 8.90. The molecule has 0 aromatic heterocycles. The van der Waals surface area contributed by atoms with E-state index in [9.17, 15) is 0 Å². The molecule has 0 unspecified atom stereocenters. The minimum Gasteiger partial charge on any atom is -0.344 e. The summed E-state index contributed by atoms with van der Waals surface area (Å²) in [7, 11) is 0. The van der Waals surface area contributed by atoms with E-state index in [-0.39, 0.29) is 0 Å². The van der Waals surface area contributed by atoms with E-state index >= 15 is 0 Å². The van der Waals surface area contributed by atoms with Gasteiger partial charge in [0.05, 0.1) is 12.5 Å². The maximum Gasteiger partial charge on any atom is 0.173 e. The van der Waals surface area contributed by atoms with Crippen LogP contribution in [0, 0.1) is 25.2 Å². The van der Waals surface area contributed by atoms with Crippen LogP contribution in [-0.2, 0) is 6.54 Å². The van der Waals surface area contributed by atoms with Gasteiger partial charge in [-0.05, 0) is 42.8 Å². The van der Waals surface area contributed by atoms with Crippen molar-refractivity contribution in [3.05, 3.63) is 65.2 Å². The summed E-state index contributed by atoms with van der Waals surface area (Å²) < 4.78 is 0. The van der Waals surface area contributed by atoms with Crippen molar-refractivity contribution in [3.63, 3.8) is 0 Å². The lowest BCUT2D eigenvalue weighted by molar-refractivity contribution is 0.428. The Kier molecular flexibility index (Phi) is 6.13. The van der Waals surface area contributed by atoms with Gasteiger partial charge in [-0.1, -0.05) is 48.5 Å². The Morgan fingerprint density at radius 2 is 1.74 bits per heavy atom. The number of hydrogen-bond acceptors (Lipinski definition) is 2. The van der Waals surface area contributed by atoms with Crippen LogP contribution in [0.4, 0.5) is 5.69 Å². The fraction of sp³-hybridized carbons (Fsp3) is 0.263. The molecule has 4 heteroatoms. The normalized spacial score (nSPS) is 9.96. The van der Waals surface area contributed by atoms with E-state index in [1.807, 2.05) is 29.2 Å². The first-order chi connectivity index (χ1) is 11.1. The number of nitrogens with one attached hydrogen (secondary N) is 1. The lowest BCUT2D eigenvalue weighted by Gasteiger charge is -2.26. The average Bonchev–Trinajstić information content (AvgIpc) is 2.55. The molecule has 0 bridgehead atoms. The summed E-state index contributed by atoms with van der Waals surface area (Å²) in [5, 5.41) is 12.9. The number of thiocarbonyl (C=S) groups is 1. The van der Waals surface area contributed by atoms with E-state index < -0.39 is 0 Å². The second-order valence-electron chi connectivity index (χ2n) is 5.51. The van der Waals surface area contributed by atoms with E-state index in [2.05, 4.69) is 49.5 Å². The summed E-state index contributed by atoms with van der Waals surface area (Å²) in [6.07, 6.45) is 0.446. The molecule has 0 saturated carbocycles. The van der Waals surface area contributed by atoms with Crippen LogP contribution < -0.4 is 5.32 Å². The summed E-state index contributed by atoms with van der Waals surface area (Å²) in [4.78, 5) is 2.04. The van der Waals surface area contributed by atoms with Crippen molar-refractivity contribution in [1.82, 2.24) is 4.90 Å². The fourth-order valence-electron chi connectivity index (χ4n) is 2.44. The Balaban J connectivity index is 2.15. The topological polar surface area (TPSA) is 39.1 Å². The predicted molar refractivity (Wildman–Crippen MR) is 99.2 cm³/mol. The van der Waals surface area contributed by atoms with Crippen LogP contribution >= 0.6 is 12.2 Å². The Bertz CT molecular complexity index is 684. The third-order valence-electron chi connectivity index (χ3n) is 3.71. The molecule has 0 aliphatic heterocycles. The highest BCUT2D eigenvalue weighted by molar-refractivity contribution is 7.80. The van der Waals surface area contributed by atoms with Gasteiger partial charge < -0.3 is 10.2 Å². The van der Waals surface area contributed by atoms with Gasteiger partial charge in [0.15, 0.2) is 5.11 Å². The highest BCUT2D eigenvalue weighted by Crippen LogP contribution is 2.20. The quantitative estimate of drug-likeness (QED) is 0.827. The number of rotatable bonds is 5. The largest absolute Gasteiger partial charge is 0.344 e. The molecule has 0 aliphatic carbocycles. The molecule has 23 heavy (non-hydrogen) atoms. The third kappa shape index (κ3) is 4.80. The standard InChI is InChI=1S/C19H21N3S/c1-15-8-6-9-16(2)18(15)21-19(23)22(13-7-12-20)14-17-10-4-3-5-11-17/h3-6,8-11H,7,13-14H2,1-2H3,(H,21,23). The Labute approximate surface area is 143 Å². The zero-order chi connectivity index (χ0) is 16.7. The highest BCUT2D eigenvalue weighted by Gasteiger charge is 2.12. The highest BCUT2D eigenvalue weighted by atomic mass is 32.1. The van der Waals surface area contributed by atoms with Crippen molar-refractivity contribution < 1.29 is 0 Å². The van der Waals surface area contributed by atoms with Crippen molar-refractivity contribution in [3.8, 4) is 6.07 Å². The van der Waals surface area contributed by atoms with Crippen molar-refractivity contribution in [2.24, 2.45) is 0 Å². The first kappa shape index (κ1) is 17.0. The van der Waals surface area contributed by atoms with Gasteiger partial charge in [0.2, 0.25) is 0 Å². The minimum absolute atomic E-state index is 0.446. The molecule has 2 aromatic rings. The Morgan fingerprint density at radius 3 is 2.35 bits per heavy atom. The zero-order valence-electron chi connectivity index (χ0n) is 13.5. The van der Waals surface area contributed by atoms with Gasteiger partial charge in [0, 0.05) is 18.8 Å². The van der Waals surface area contributed by atoms with Crippen molar-refractivity contribution in [2.75, 3.05) is 11.9 Å². The van der Waals surface area contributed by atoms with Crippen LogP contribution in [0.3, 0.4) is 0 Å². The SMILES string of the molecule is Cc1cccc(C)c1NC(=S)N(CCC#N)Cc1ccccc1. The number of hydrogen-bond donors (Lipinski definition) is 1. The predicted octanol–water partition coefficient (Wildman–Crippen LogP) is 4.42. The molecule has 0 aliphatic rings. The summed E-state index contributed by atoms with van der Waals surface area (Å²) in [5.41, 5.74) is 4.54. The molecular formula is C19H21N3S. The van der Waals surface area contributed by atoms with Crippen LogP contribution in [0.25, 0.3) is 0 Å². The first-order valence-electron chi connectivity index (χ1n) is 7.65. The van der Waals surface area contributed by atoms with E-state index in [0.717, 1.165) is 16.8 Å². The Hall–Kier alpha value is -2.38. The molecule has 3 nitrogen and oxygen atoms in total. The van der Waals surface area contributed by atoms with Gasteiger partial charge in [-0.25, -0.2) is 0 Å². The fourth-order valence-corrected chi connectivity index (χ4v) is 2.70. The van der Waals surface area contributed by atoms with Crippen LogP contribution in [0.1, 0.15) is 23.1 Å². The van der Waals surface area contributed by atoms with Gasteiger partial charge >= 0.3 is 0 Å². The molecule has 0 atom stereocenters. The van der Waals surface area contributed by atoms with Crippen LogP contribution in [0.2, 0.25) is 0 Å². The lowest BCUT2D eigenvalue weighted by atomic mass is 10.1. The second-order valence-corrected chi connectivity index (χ2v) is 5.90. The molecule has 0 fully saturated rings. The second kappa shape index (κ2) is 8.30. The first-order valence-corrected chi connectivity index (χ1v) is 8.05. The maximum atomic E-state index is 8.90. The molecule has 0 radical (unpaired) electrons. The third-order valence-corrected chi connectivity index (χ3v) is 4.07. The van der Waals surface area contributed by atoms with E-state index in [1.54, 1.807) is 0 Å². The molecule has 1 N–H and O–H groups in total. The zero-order valence-corrected chi connectivity index (χ0v) is 14.4. The molecule has 2 aromatic carbocycles. The van der Waals surface area contributed by atoms with Crippen LogP contribution in [-0.4, -0.2) is 16.6 Å². The van der Waals surface area contributed by atoms with Crippen LogP contribution in [0.15, 0.2) is 48.5 Å². The van der Waals surface area contributed by atoms with Crippen LogP contribution in [0.5, 0.6) is 0 Å². The molecule has 0 amide bonds. The molecule has 0 saturated heterocycles. The number of para-hydroxylation sites is 1. The van der Waals surface area contributed by atoms with E-state index in [0.29, 0.717) is 24.6 Å². The number of aryl methyl sites for hydroxylation is 2. The number of anilines is 1. The summed E-state index contributed by atoms with van der Waals surface area (Å²) in [6, 6.07) is 18.5. The van der Waals surface area contributed by atoms with Gasteiger partial charge in [0.25, 0.3) is 0 Å². The van der Waals surface area contributed by atoms with E-state index in [4.69, 9.17) is 17.5 Å². The minimum atomic E-state index is 0.446. The van der Waals surface area contributed by atoms with Crippen molar-refractivity contribution in [2.45, 2.75) is 26.8 Å². The number of nitrogens with zero attached hydrogens (tertiary/aromatic N) is 2. The summed E-state index contributed by atoms with van der Waals surface area (Å²) >= 11 is 5.59.